The molecule has 1 aliphatic rings. The van der Waals surface area contributed by atoms with Gasteiger partial charge in [0.25, 0.3) is 0 Å². The second kappa shape index (κ2) is 6.76. The molecule has 1 aliphatic heterocycles. The van der Waals surface area contributed by atoms with Crippen LogP contribution < -0.4 is 0 Å². The van der Waals surface area contributed by atoms with Crippen molar-refractivity contribution in [3.05, 3.63) is 29.8 Å². The standard InChI is InChI=1S/C15H21NO5S/c1-3-14-13(15(17)18)8-9-16(14)22(19,20)12-6-4-11(5-7-12)10-21-2/h4-7,13-14H,3,8-10H2,1-2H3,(H,17,18). The summed E-state index contributed by atoms with van der Waals surface area (Å²) in [6.07, 6.45) is 0.840. The fourth-order valence-electron chi connectivity index (χ4n) is 2.96. The molecule has 2 rings (SSSR count). The molecule has 1 aromatic carbocycles. The Morgan fingerprint density at radius 2 is 2.00 bits per heavy atom. The number of carboxylic acid groups (broad SMARTS) is 1. The van der Waals surface area contributed by atoms with E-state index in [0.717, 1.165) is 5.56 Å². The zero-order valence-corrected chi connectivity index (χ0v) is 13.5. The van der Waals surface area contributed by atoms with Crippen molar-refractivity contribution in [2.75, 3.05) is 13.7 Å². The summed E-state index contributed by atoms with van der Waals surface area (Å²) in [6.45, 7) is 2.48. The molecule has 0 bridgehead atoms. The fourth-order valence-corrected chi connectivity index (χ4v) is 4.71. The summed E-state index contributed by atoms with van der Waals surface area (Å²) < 4.78 is 31.8. The van der Waals surface area contributed by atoms with Crippen molar-refractivity contribution >= 4 is 16.0 Å². The zero-order valence-electron chi connectivity index (χ0n) is 12.7. The highest BCUT2D eigenvalue weighted by atomic mass is 32.2. The lowest BCUT2D eigenvalue weighted by atomic mass is 9.99. The van der Waals surface area contributed by atoms with Crippen LogP contribution in [-0.4, -0.2) is 43.5 Å². The smallest absolute Gasteiger partial charge is 0.308 e. The molecule has 1 N–H and O–H groups in total. The molecule has 122 valence electrons. The molecule has 1 saturated heterocycles. The van der Waals surface area contributed by atoms with E-state index >= 15 is 0 Å². The third kappa shape index (κ3) is 3.16. The summed E-state index contributed by atoms with van der Waals surface area (Å²) in [5.74, 6) is -1.56. The van der Waals surface area contributed by atoms with Crippen LogP contribution in [0.1, 0.15) is 25.3 Å². The number of sulfonamides is 1. The van der Waals surface area contributed by atoms with E-state index in [4.69, 9.17) is 4.74 Å². The van der Waals surface area contributed by atoms with E-state index in [1.54, 1.807) is 31.4 Å². The number of hydrogen-bond donors (Lipinski definition) is 1. The van der Waals surface area contributed by atoms with E-state index in [1.807, 2.05) is 6.92 Å². The Morgan fingerprint density at radius 1 is 1.36 bits per heavy atom. The maximum Gasteiger partial charge on any atom is 0.308 e. The number of ether oxygens (including phenoxy) is 1. The SMILES string of the molecule is CCC1C(C(=O)O)CCN1S(=O)(=O)c1ccc(COC)cc1. The molecule has 2 unspecified atom stereocenters. The molecule has 1 aromatic rings. The molecule has 6 nitrogen and oxygen atoms in total. The van der Waals surface area contributed by atoms with Gasteiger partial charge in [0.05, 0.1) is 17.4 Å². The highest BCUT2D eigenvalue weighted by Gasteiger charge is 2.43. The van der Waals surface area contributed by atoms with Gasteiger partial charge in [0.1, 0.15) is 0 Å². The van der Waals surface area contributed by atoms with Gasteiger partial charge in [-0.05, 0) is 30.5 Å². The van der Waals surface area contributed by atoms with E-state index in [1.165, 1.54) is 4.31 Å². The van der Waals surface area contributed by atoms with Crippen LogP contribution in [-0.2, 0) is 26.2 Å². The molecule has 0 spiro atoms. The molecule has 0 aliphatic carbocycles. The predicted molar refractivity (Wildman–Crippen MR) is 80.9 cm³/mol. The van der Waals surface area contributed by atoms with E-state index < -0.39 is 28.0 Å². The van der Waals surface area contributed by atoms with E-state index in [0.29, 0.717) is 19.4 Å². The maximum absolute atomic E-state index is 12.7. The van der Waals surface area contributed by atoms with Crippen molar-refractivity contribution in [2.24, 2.45) is 5.92 Å². The number of aliphatic carboxylic acids is 1. The van der Waals surface area contributed by atoms with Gasteiger partial charge < -0.3 is 9.84 Å². The van der Waals surface area contributed by atoms with Crippen LogP contribution in [0.4, 0.5) is 0 Å². The Hall–Kier alpha value is -1.44. The van der Waals surface area contributed by atoms with Crippen LogP contribution in [0.2, 0.25) is 0 Å². The van der Waals surface area contributed by atoms with Crippen LogP contribution >= 0.6 is 0 Å². The van der Waals surface area contributed by atoms with Gasteiger partial charge in [0.2, 0.25) is 10.0 Å². The second-order valence-electron chi connectivity index (χ2n) is 5.40. The lowest BCUT2D eigenvalue weighted by Crippen LogP contribution is -2.39. The minimum atomic E-state index is -3.67. The van der Waals surface area contributed by atoms with Crippen molar-refractivity contribution in [2.45, 2.75) is 37.3 Å². The highest BCUT2D eigenvalue weighted by molar-refractivity contribution is 7.89. The van der Waals surface area contributed by atoms with E-state index in [2.05, 4.69) is 0 Å². The van der Waals surface area contributed by atoms with Gasteiger partial charge in [-0.15, -0.1) is 0 Å². The number of rotatable bonds is 6. The highest BCUT2D eigenvalue weighted by Crippen LogP contribution is 2.32. The summed E-state index contributed by atoms with van der Waals surface area (Å²) >= 11 is 0. The molecule has 0 saturated carbocycles. The predicted octanol–water partition coefficient (Wildman–Crippen LogP) is 1.71. The second-order valence-corrected chi connectivity index (χ2v) is 7.29. The lowest BCUT2D eigenvalue weighted by Gasteiger charge is -2.25. The molecule has 2 atom stereocenters. The molecular weight excluding hydrogens is 306 g/mol. The van der Waals surface area contributed by atoms with Crippen LogP contribution in [0.15, 0.2) is 29.2 Å². The number of carboxylic acids is 1. The van der Waals surface area contributed by atoms with Gasteiger partial charge in [0.15, 0.2) is 0 Å². The summed E-state index contributed by atoms with van der Waals surface area (Å²) in [6, 6.07) is 6.03. The van der Waals surface area contributed by atoms with Gasteiger partial charge in [-0.1, -0.05) is 19.1 Å². The average Bonchev–Trinajstić information content (AvgIpc) is 2.93. The first-order chi connectivity index (χ1) is 10.4. The number of nitrogens with zero attached hydrogens (tertiary/aromatic N) is 1. The minimum absolute atomic E-state index is 0.192. The normalized spacial score (nSPS) is 22.8. The summed E-state index contributed by atoms with van der Waals surface area (Å²) in [5.41, 5.74) is 0.887. The van der Waals surface area contributed by atoms with E-state index in [9.17, 15) is 18.3 Å². The lowest BCUT2D eigenvalue weighted by molar-refractivity contribution is -0.142. The largest absolute Gasteiger partial charge is 0.481 e. The third-order valence-corrected chi connectivity index (χ3v) is 6.01. The molecule has 1 heterocycles. The van der Waals surface area contributed by atoms with Crippen LogP contribution in [0.25, 0.3) is 0 Å². The Morgan fingerprint density at radius 3 is 2.50 bits per heavy atom. The Labute approximate surface area is 130 Å². The van der Waals surface area contributed by atoms with Crippen LogP contribution in [0.3, 0.4) is 0 Å². The third-order valence-electron chi connectivity index (χ3n) is 4.07. The molecule has 7 heteroatoms. The van der Waals surface area contributed by atoms with Gasteiger partial charge in [-0.25, -0.2) is 8.42 Å². The number of methoxy groups -OCH3 is 1. The Kier molecular flexibility index (Phi) is 5.20. The number of carbonyl (C=O) groups is 1. The van der Waals surface area contributed by atoms with Gasteiger partial charge in [-0.2, -0.15) is 4.31 Å². The molecule has 0 amide bonds. The van der Waals surface area contributed by atoms with Crippen LogP contribution in [0, 0.1) is 5.92 Å². The molecule has 0 radical (unpaired) electrons. The van der Waals surface area contributed by atoms with Crippen molar-refractivity contribution < 1.29 is 23.1 Å². The molecule has 0 aromatic heterocycles. The Bertz CT molecular complexity index is 626. The minimum Gasteiger partial charge on any atom is -0.481 e. The summed E-state index contributed by atoms with van der Waals surface area (Å²) in [7, 11) is -2.09. The number of benzene rings is 1. The molecule has 22 heavy (non-hydrogen) atoms. The number of hydrogen-bond acceptors (Lipinski definition) is 4. The first kappa shape index (κ1) is 16.9. The monoisotopic (exact) mass is 327 g/mol. The average molecular weight is 327 g/mol. The molecule has 1 fully saturated rings. The summed E-state index contributed by atoms with van der Waals surface area (Å²) in [5, 5.41) is 9.23. The Balaban J connectivity index is 2.28. The zero-order chi connectivity index (χ0) is 16.3. The van der Waals surface area contributed by atoms with Crippen LogP contribution in [0.5, 0.6) is 0 Å². The van der Waals surface area contributed by atoms with Gasteiger partial charge >= 0.3 is 5.97 Å². The van der Waals surface area contributed by atoms with Gasteiger partial charge in [0, 0.05) is 19.7 Å². The fraction of sp³-hybridized carbons (Fsp3) is 0.533. The first-order valence-corrected chi connectivity index (χ1v) is 8.68. The van der Waals surface area contributed by atoms with Crippen molar-refractivity contribution in [1.82, 2.24) is 4.31 Å². The maximum atomic E-state index is 12.7. The first-order valence-electron chi connectivity index (χ1n) is 7.24. The van der Waals surface area contributed by atoms with Crippen molar-refractivity contribution in [3.8, 4) is 0 Å². The topological polar surface area (TPSA) is 83.9 Å². The summed E-state index contributed by atoms with van der Waals surface area (Å²) in [4.78, 5) is 11.5. The quantitative estimate of drug-likeness (QED) is 0.860. The van der Waals surface area contributed by atoms with Crippen molar-refractivity contribution in [3.63, 3.8) is 0 Å². The molecular formula is C15H21NO5S. The van der Waals surface area contributed by atoms with Crippen molar-refractivity contribution in [1.29, 1.82) is 0 Å². The van der Waals surface area contributed by atoms with E-state index in [-0.39, 0.29) is 11.4 Å². The van der Waals surface area contributed by atoms with Gasteiger partial charge in [-0.3, -0.25) is 4.79 Å².